The summed E-state index contributed by atoms with van der Waals surface area (Å²) in [5.41, 5.74) is 0.995. The number of rotatable bonds is 6. The van der Waals surface area contributed by atoms with Crippen LogP contribution in [-0.4, -0.2) is 19.5 Å². The van der Waals surface area contributed by atoms with Crippen LogP contribution in [0, 0.1) is 6.92 Å². The van der Waals surface area contributed by atoms with Gasteiger partial charge in [0.2, 0.25) is 0 Å². The molecule has 2 N–H and O–H groups in total. The summed E-state index contributed by atoms with van der Waals surface area (Å²) in [6, 6.07) is 15.0. The summed E-state index contributed by atoms with van der Waals surface area (Å²) in [6.45, 7) is 1.67. The molecule has 0 aliphatic carbocycles. The number of amides is 1. The van der Waals surface area contributed by atoms with Crippen molar-refractivity contribution in [1.29, 1.82) is 0 Å². The highest BCUT2D eigenvalue weighted by atomic mass is 79.9. The van der Waals surface area contributed by atoms with E-state index in [9.17, 15) is 13.2 Å². The Balaban J connectivity index is 1.81. The first-order valence-electron chi connectivity index (χ1n) is 7.64. The highest BCUT2D eigenvalue weighted by Gasteiger charge is 2.23. The number of aromatic nitrogens is 1. The average Bonchev–Trinajstić information content (AvgIpc) is 2.98. The van der Waals surface area contributed by atoms with E-state index in [1.807, 2.05) is 0 Å². The van der Waals surface area contributed by atoms with Crippen molar-refractivity contribution in [2.24, 2.45) is 0 Å². The topological polar surface area (TPSA) is 101 Å². The second kappa shape index (κ2) is 8.15. The van der Waals surface area contributed by atoms with Gasteiger partial charge in [0.1, 0.15) is 9.37 Å². The Morgan fingerprint density at radius 3 is 2.44 bits per heavy atom. The molecule has 0 aliphatic heterocycles. The van der Waals surface area contributed by atoms with E-state index in [4.69, 9.17) is 4.52 Å². The number of benzene rings is 2. The summed E-state index contributed by atoms with van der Waals surface area (Å²) in [4.78, 5) is 12.6. The third-order valence-corrected chi connectivity index (χ3v) is 6.76. The number of nitrogens with one attached hydrogen (secondary N) is 2. The Morgan fingerprint density at radius 2 is 1.78 bits per heavy atom. The second-order valence-corrected chi connectivity index (χ2v) is 8.65. The summed E-state index contributed by atoms with van der Waals surface area (Å²) >= 11 is 4.14. The molecule has 0 spiro atoms. The standard InChI is InChI=1S/C17H14BrN3O4S2/c1-11-15(18)17(25-19-11)21-27(23,24)14-10-6-5-9-13(14)26-20-16(22)12-7-3-2-4-8-12/h2-10,21H,1H3,(H,20,22). The number of hydrogen-bond acceptors (Lipinski definition) is 6. The molecule has 2 aromatic carbocycles. The first-order chi connectivity index (χ1) is 12.9. The fourth-order valence-electron chi connectivity index (χ4n) is 2.11. The molecule has 7 nitrogen and oxygen atoms in total. The number of sulfonamides is 1. The van der Waals surface area contributed by atoms with Crippen LogP contribution in [-0.2, 0) is 10.0 Å². The predicted octanol–water partition coefficient (Wildman–Crippen LogP) is 3.98. The maximum atomic E-state index is 12.8. The number of aryl methyl sites for hydroxylation is 1. The van der Waals surface area contributed by atoms with Crippen LogP contribution in [0.1, 0.15) is 16.1 Å². The van der Waals surface area contributed by atoms with Crippen molar-refractivity contribution in [3.05, 3.63) is 70.3 Å². The maximum absolute atomic E-state index is 12.8. The molecule has 0 atom stereocenters. The van der Waals surface area contributed by atoms with Crippen LogP contribution in [0.25, 0.3) is 0 Å². The Bertz CT molecular complexity index is 1070. The largest absolute Gasteiger partial charge is 0.336 e. The minimum absolute atomic E-state index is 0.00400. The van der Waals surface area contributed by atoms with Crippen molar-refractivity contribution in [2.75, 3.05) is 4.72 Å². The van der Waals surface area contributed by atoms with E-state index in [0.29, 0.717) is 20.6 Å². The lowest BCUT2D eigenvalue weighted by molar-refractivity contribution is 0.0984. The number of anilines is 1. The third kappa shape index (κ3) is 4.52. The van der Waals surface area contributed by atoms with Gasteiger partial charge in [-0.1, -0.05) is 35.5 Å². The molecule has 0 saturated carbocycles. The van der Waals surface area contributed by atoms with Crippen LogP contribution in [0.4, 0.5) is 5.88 Å². The van der Waals surface area contributed by atoms with E-state index >= 15 is 0 Å². The Morgan fingerprint density at radius 1 is 1.11 bits per heavy atom. The molecule has 1 heterocycles. The van der Waals surface area contributed by atoms with Gasteiger partial charge in [0.05, 0.1) is 5.69 Å². The van der Waals surface area contributed by atoms with Gasteiger partial charge in [0.25, 0.3) is 21.8 Å². The molecule has 1 aromatic heterocycles. The molecule has 3 rings (SSSR count). The summed E-state index contributed by atoms with van der Waals surface area (Å²) in [5, 5.41) is 3.70. The van der Waals surface area contributed by atoms with Crippen molar-refractivity contribution >= 4 is 49.7 Å². The molecular formula is C17H14BrN3O4S2. The van der Waals surface area contributed by atoms with Gasteiger partial charge < -0.3 is 4.52 Å². The SMILES string of the molecule is Cc1noc(NS(=O)(=O)c2ccccc2SNC(=O)c2ccccc2)c1Br. The summed E-state index contributed by atoms with van der Waals surface area (Å²) < 4.78 is 35.9. The Kier molecular flexibility index (Phi) is 5.88. The molecule has 0 radical (unpaired) electrons. The number of hydrogen-bond donors (Lipinski definition) is 2. The number of halogens is 1. The zero-order valence-corrected chi connectivity index (χ0v) is 17.2. The number of carbonyl (C=O) groups is 1. The lowest BCUT2D eigenvalue weighted by Gasteiger charge is -2.11. The van der Waals surface area contributed by atoms with E-state index in [-0.39, 0.29) is 16.7 Å². The minimum atomic E-state index is -3.95. The molecule has 0 aliphatic rings. The zero-order valence-electron chi connectivity index (χ0n) is 14.0. The highest BCUT2D eigenvalue weighted by molar-refractivity contribution is 9.10. The van der Waals surface area contributed by atoms with E-state index in [1.54, 1.807) is 55.5 Å². The third-order valence-electron chi connectivity index (χ3n) is 3.45. The number of nitrogens with zero attached hydrogens (tertiary/aromatic N) is 1. The predicted molar refractivity (Wildman–Crippen MR) is 106 cm³/mol. The quantitative estimate of drug-likeness (QED) is 0.531. The second-order valence-electron chi connectivity index (χ2n) is 5.36. The molecule has 10 heteroatoms. The molecule has 0 saturated heterocycles. The molecule has 1 amide bonds. The van der Waals surface area contributed by atoms with Gasteiger partial charge >= 0.3 is 0 Å². The maximum Gasteiger partial charge on any atom is 0.265 e. The monoisotopic (exact) mass is 467 g/mol. The van der Waals surface area contributed by atoms with E-state index in [2.05, 4.69) is 30.5 Å². The van der Waals surface area contributed by atoms with Crippen molar-refractivity contribution in [1.82, 2.24) is 9.88 Å². The molecule has 140 valence electrons. The minimum Gasteiger partial charge on any atom is -0.336 e. The van der Waals surface area contributed by atoms with Gasteiger partial charge in [-0.3, -0.25) is 9.52 Å². The zero-order chi connectivity index (χ0) is 19.4. The summed E-state index contributed by atoms with van der Waals surface area (Å²) in [6.07, 6.45) is 0. The lowest BCUT2D eigenvalue weighted by Crippen LogP contribution is -2.18. The van der Waals surface area contributed by atoms with Crippen LogP contribution < -0.4 is 9.44 Å². The van der Waals surface area contributed by atoms with E-state index in [0.717, 1.165) is 11.9 Å². The van der Waals surface area contributed by atoms with E-state index < -0.39 is 10.0 Å². The smallest absolute Gasteiger partial charge is 0.265 e. The molecule has 0 fully saturated rings. The Labute approximate surface area is 168 Å². The normalized spacial score (nSPS) is 11.2. The average molecular weight is 468 g/mol. The summed E-state index contributed by atoms with van der Waals surface area (Å²) in [5.74, 6) is -0.338. The number of carbonyl (C=O) groups excluding carboxylic acids is 1. The van der Waals surface area contributed by atoms with Gasteiger partial charge in [0.15, 0.2) is 0 Å². The fraction of sp³-hybridized carbons (Fsp3) is 0.0588. The van der Waals surface area contributed by atoms with Crippen LogP contribution in [0.2, 0.25) is 0 Å². The van der Waals surface area contributed by atoms with Crippen LogP contribution in [0.5, 0.6) is 0 Å². The van der Waals surface area contributed by atoms with Crippen molar-refractivity contribution in [2.45, 2.75) is 16.7 Å². The van der Waals surface area contributed by atoms with E-state index in [1.165, 1.54) is 6.07 Å². The highest BCUT2D eigenvalue weighted by Crippen LogP contribution is 2.30. The first kappa shape index (κ1) is 19.5. The molecule has 27 heavy (non-hydrogen) atoms. The van der Waals surface area contributed by atoms with Crippen LogP contribution in [0.15, 0.2) is 73.4 Å². The van der Waals surface area contributed by atoms with Crippen LogP contribution >= 0.6 is 27.9 Å². The van der Waals surface area contributed by atoms with Crippen molar-refractivity contribution < 1.29 is 17.7 Å². The van der Waals surface area contributed by atoms with Crippen molar-refractivity contribution in [3.63, 3.8) is 0 Å². The van der Waals surface area contributed by atoms with Gasteiger partial charge in [-0.05, 0) is 59.1 Å². The van der Waals surface area contributed by atoms with Crippen LogP contribution in [0.3, 0.4) is 0 Å². The summed E-state index contributed by atoms with van der Waals surface area (Å²) in [7, 11) is -3.95. The fourth-order valence-corrected chi connectivity index (χ4v) is 4.65. The van der Waals surface area contributed by atoms with Gasteiger partial charge in [-0.25, -0.2) is 13.1 Å². The molecule has 3 aromatic rings. The van der Waals surface area contributed by atoms with Gasteiger partial charge in [0, 0.05) is 10.5 Å². The first-order valence-corrected chi connectivity index (χ1v) is 10.7. The molecule has 0 bridgehead atoms. The molecule has 0 unspecified atom stereocenters. The lowest BCUT2D eigenvalue weighted by atomic mass is 10.2. The van der Waals surface area contributed by atoms with Gasteiger partial charge in [-0.15, -0.1) is 0 Å². The van der Waals surface area contributed by atoms with Gasteiger partial charge in [-0.2, -0.15) is 0 Å². The molecular weight excluding hydrogens is 454 g/mol. The van der Waals surface area contributed by atoms with Crippen molar-refractivity contribution in [3.8, 4) is 0 Å². The Hall–Kier alpha value is -2.30.